The van der Waals surface area contributed by atoms with E-state index in [1.54, 1.807) is 0 Å². The predicted octanol–water partition coefficient (Wildman–Crippen LogP) is 7.52. The Morgan fingerprint density at radius 2 is 0.794 bits per heavy atom. The largest absolute Gasteiger partial charge is 0.494 e. The second-order valence-electron chi connectivity index (χ2n) is 17.6. The highest BCUT2D eigenvalue weighted by Crippen LogP contribution is 2.19. The van der Waals surface area contributed by atoms with Crippen LogP contribution in [0.4, 0.5) is 0 Å². The van der Waals surface area contributed by atoms with Gasteiger partial charge in [-0.15, -0.1) is 0 Å². The van der Waals surface area contributed by atoms with Crippen LogP contribution in [0.5, 0.6) is 0 Å². The molecule has 3 atom stereocenters. The van der Waals surface area contributed by atoms with E-state index in [1.807, 2.05) is 0 Å². The van der Waals surface area contributed by atoms with Gasteiger partial charge in [0, 0.05) is 0 Å². The summed E-state index contributed by atoms with van der Waals surface area (Å²) in [5.74, 6) is 0. The van der Waals surface area contributed by atoms with Crippen LogP contribution in [0.25, 0.3) is 0 Å². The van der Waals surface area contributed by atoms with Gasteiger partial charge in [-0.2, -0.15) is 0 Å². The number of hydrogen-bond acceptors (Lipinski definition) is 10. The first kappa shape index (κ1) is 59.3. The SMILES string of the molecule is C.CCCCCCCCCCC(O)CO.CCCCCCCCCCC1COB(c2ccc(B3OCC(CCCCCCCCCC)O3)cc2)O1.OB(O)c1ccc(B(O)O)cc1. The third-order valence-corrected chi connectivity index (χ3v) is 11.9. The van der Waals surface area contributed by atoms with Crippen molar-refractivity contribution >= 4 is 50.3 Å². The molecule has 2 saturated heterocycles. The highest BCUT2D eigenvalue weighted by molar-refractivity contribution is 6.64. The molecule has 0 spiro atoms. The molecule has 2 aromatic rings. The Morgan fingerprint density at radius 3 is 1.10 bits per heavy atom. The van der Waals surface area contributed by atoms with E-state index < -0.39 is 20.3 Å². The number of aliphatic hydroxyl groups excluding tert-OH is 2. The zero-order chi connectivity index (χ0) is 45.0. The molecular formula is C49H90B4O10. The molecule has 6 N–H and O–H groups in total. The molecule has 4 rings (SSSR count). The molecule has 2 aliphatic heterocycles. The first-order valence-electron chi connectivity index (χ1n) is 25.0. The molecule has 2 aliphatic rings. The van der Waals surface area contributed by atoms with Gasteiger partial charge in [0.2, 0.25) is 0 Å². The molecule has 0 amide bonds. The van der Waals surface area contributed by atoms with Crippen LogP contribution < -0.4 is 21.9 Å². The molecular weight excluding hydrogens is 792 g/mol. The lowest BCUT2D eigenvalue weighted by Crippen LogP contribution is -2.37. The van der Waals surface area contributed by atoms with Crippen molar-refractivity contribution in [2.45, 2.75) is 220 Å². The summed E-state index contributed by atoms with van der Waals surface area (Å²) in [6.07, 6.45) is 34.8. The second kappa shape index (κ2) is 39.5. The Hall–Kier alpha value is -1.70. The third-order valence-electron chi connectivity index (χ3n) is 11.9. The molecule has 2 aromatic carbocycles. The van der Waals surface area contributed by atoms with E-state index in [0.717, 1.165) is 36.6 Å². The van der Waals surface area contributed by atoms with Crippen molar-refractivity contribution in [2.24, 2.45) is 0 Å². The van der Waals surface area contributed by atoms with Crippen LogP contribution in [0.15, 0.2) is 48.5 Å². The molecule has 2 heterocycles. The topological polar surface area (TPSA) is 158 Å². The summed E-state index contributed by atoms with van der Waals surface area (Å²) in [6.45, 7) is 8.11. The molecule has 358 valence electrons. The zero-order valence-electron chi connectivity index (χ0n) is 39.2. The lowest BCUT2D eigenvalue weighted by atomic mass is 9.74. The summed E-state index contributed by atoms with van der Waals surface area (Å²) >= 11 is 0. The number of benzene rings is 2. The van der Waals surface area contributed by atoms with Crippen molar-refractivity contribution in [1.29, 1.82) is 0 Å². The number of rotatable bonds is 32. The Labute approximate surface area is 386 Å². The van der Waals surface area contributed by atoms with Gasteiger partial charge in [-0.3, -0.25) is 0 Å². The van der Waals surface area contributed by atoms with Crippen molar-refractivity contribution in [3.05, 3.63) is 48.5 Å². The first-order chi connectivity index (χ1) is 30.2. The van der Waals surface area contributed by atoms with Crippen LogP contribution in [0, 0.1) is 0 Å². The van der Waals surface area contributed by atoms with E-state index in [9.17, 15) is 0 Å². The second-order valence-corrected chi connectivity index (χ2v) is 17.6. The van der Waals surface area contributed by atoms with E-state index in [2.05, 4.69) is 45.0 Å². The van der Waals surface area contributed by atoms with Gasteiger partial charge in [0.05, 0.1) is 38.1 Å². The number of aliphatic hydroxyl groups is 2. The highest BCUT2D eigenvalue weighted by atomic mass is 16.6. The van der Waals surface area contributed by atoms with E-state index in [-0.39, 0.29) is 40.5 Å². The van der Waals surface area contributed by atoms with Crippen LogP contribution >= 0.6 is 0 Å². The van der Waals surface area contributed by atoms with Gasteiger partial charge in [-0.05, 0) is 41.1 Å². The lowest BCUT2D eigenvalue weighted by Gasteiger charge is -2.11. The summed E-state index contributed by atoms with van der Waals surface area (Å²) in [5.41, 5.74) is 2.81. The fourth-order valence-corrected chi connectivity index (χ4v) is 7.82. The smallest absolute Gasteiger partial charge is 0.423 e. The molecule has 0 aromatic heterocycles. The maximum Gasteiger partial charge on any atom is 0.494 e. The fourth-order valence-electron chi connectivity index (χ4n) is 7.82. The highest BCUT2D eigenvalue weighted by Gasteiger charge is 2.35. The van der Waals surface area contributed by atoms with E-state index >= 15 is 0 Å². The Balaban J connectivity index is 0.000000601. The summed E-state index contributed by atoms with van der Waals surface area (Å²) in [5, 5.41) is 52.4. The summed E-state index contributed by atoms with van der Waals surface area (Å²) < 4.78 is 24.3. The van der Waals surface area contributed by atoms with E-state index in [4.69, 9.17) is 48.9 Å². The molecule has 63 heavy (non-hydrogen) atoms. The maximum absolute atomic E-state index is 9.08. The molecule has 2 fully saturated rings. The fraction of sp³-hybridized carbons (Fsp3) is 0.755. The number of unbranched alkanes of at least 4 members (excludes halogenated alkanes) is 21. The van der Waals surface area contributed by atoms with Gasteiger partial charge in [0.1, 0.15) is 0 Å². The zero-order valence-corrected chi connectivity index (χ0v) is 39.2. The van der Waals surface area contributed by atoms with Gasteiger partial charge in [0.25, 0.3) is 0 Å². The monoisotopic (exact) mass is 883 g/mol. The summed E-state index contributed by atoms with van der Waals surface area (Å²) in [4.78, 5) is 0. The molecule has 0 saturated carbocycles. The molecule has 3 unspecified atom stereocenters. The van der Waals surface area contributed by atoms with Crippen LogP contribution in [0.1, 0.15) is 202 Å². The van der Waals surface area contributed by atoms with Crippen molar-refractivity contribution < 1.29 is 48.9 Å². The van der Waals surface area contributed by atoms with Crippen molar-refractivity contribution in [3.8, 4) is 0 Å². The van der Waals surface area contributed by atoms with E-state index in [0.29, 0.717) is 24.1 Å². The maximum atomic E-state index is 9.08. The lowest BCUT2D eigenvalue weighted by molar-refractivity contribution is 0.0860. The van der Waals surface area contributed by atoms with Crippen LogP contribution in [0.3, 0.4) is 0 Å². The third kappa shape index (κ3) is 28.8. The Kier molecular flexibility index (Phi) is 37.2. The Morgan fingerprint density at radius 1 is 0.492 bits per heavy atom. The van der Waals surface area contributed by atoms with Crippen molar-refractivity contribution in [2.75, 3.05) is 19.8 Å². The van der Waals surface area contributed by atoms with Crippen molar-refractivity contribution in [1.82, 2.24) is 0 Å². The minimum atomic E-state index is -1.52. The van der Waals surface area contributed by atoms with Gasteiger partial charge < -0.3 is 48.9 Å². The molecule has 0 aliphatic carbocycles. The average molecular weight is 882 g/mol. The molecule has 0 bridgehead atoms. The average Bonchev–Trinajstić information content (AvgIpc) is 3.97. The molecule has 0 radical (unpaired) electrons. The van der Waals surface area contributed by atoms with Gasteiger partial charge >= 0.3 is 28.5 Å². The minimum Gasteiger partial charge on any atom is -0.423 e. The molecule has 10 nitrogen and oxygen atoms in total. The first-order valence-corrected chi connectivity index (χ1v) is 25.0. The van der Waals surface area contributed by atoms with Gasteiger partial charge in [-0.1, -0.05) is 231 Å². The summed E-state index contributed by atoms with van der Waals surface area (Å²) in [7, 11) is -3.51. The number of hydrogen-bond donors (Lipinski definition) is 6. The molecule has 14 heteroatoms. The van der Waals surface area contributed by atoms with Gasteiger partial charge in [-0.25, -0.2) is 0 Å². The standard InChI is InChI=1S/C30H52B2O4.C12H26O2.C6H8B2O4.CH4/c1-3-5-7-9-11-13-15-17-19-29-25-33-31(35-29)27-21-23-28(24-22-27)32-34-26-30(36-32)20-18-16-14-12-10-8-6-4-2;1-2-3-4-5-6-7-8-9-10-12(14)11-13;9-7(10)5-1-2-6(4-3-5)8(11)12;/h21-24,29-30H,3-20,25-26H2,1-2H3;12-14H,2-11H2,1H3;1-4,9-12H;1H4. The Bertz CT molecular complexity index is 1210. The predicted molar refractivity (Wildman–Crippen MR) is 266 cm³/mol. The summed E-state index contributed by atoms with van der Waals surface area (Å²) in [6, 6.07) is 14.1. The normalized spacial score (nSPS) is 16.2. The van der Waals surface area contributed by atoms with Crippen LogP contribution in [-0.2, 0) is 18.6 Å². The quantitative estimate of drug-likeness (QED) is 0.0321. The van der Waals surface area contributed by atoms with Crippen LogP contribution in [0.2, 0.25) is 0 Å². The van der Waals surface area contributed by atoms with Gasteiger partial charge in [0.15, 0.2) is 0 Å². The van der Waals surface area contributed by atoms with E-state index in [1.165, 1.54) is 172 Å². The minimum absolute atomic E-state index is 0. The van der Waals surface area contributed by atoms with Crippen LogP contribution in [-0.4, -0.2) is 96.9 Å². The van der Waals surface area contributed by atoms with Crippen molar-refractivity contribution in [3.63, 3.8) is 0 Å².